The van der Waals surface area contributed by atoms with E-state index < -0.39 is 0 Å². The smallest absolute Gasteiger partial charge is 0.251 e. The van der Waals surface area contributed by atoms with Crippen LogP contribution in [0.25, 0.3) is 0 Å². The second-order valence-corrected chi connectivity index (χ2v) is 5.21. The van der Waals surface area contributed by atoms with Crippen LogP contribution in [0.5, 0.6) is 0 Å². The molecule has 2 rings (SSSR count). The van der Waals surface area contributed by atoms with Gasteiger partial charge in [-0.3, -0.25) is 4.79 Å². The van der Waals surface area contributed by atoms with Crippen molar-refractivity contribution in [3.63, 3.8) is 0 Å². The van der Waals surface area contributed by atoms with Crippen LogP contribution in [0.3, 0.4) is 0 Å². The van der Waals surface area contributed by atoms with E-state index in [-0.39, 0.29) is 11.9 Å². The van der Waals surface area contributed by atoms with Gasteiger partial charge in [0.05, 0.1) is 6.04 Å². The fraction of sp³-hybridized carbons (Fsp3) is 0.188. The van der Waals surface area contributed by atoms with E-state index in [2.05, 4.69) is 35.8 Å². The molecule has 2 aromatic rings. The lowest BCUT2D eigenvalue weighted by Gasteiger charge is -2.14. The third-order valence-corrected chi connectivity index (χ3v) is 3.74. The predicted octanol–water partition coefficient (Wildman–Crippen LogP) is 3.90. The van der Waals surface area contributed by atoms with Gasteiger partial charge in [0, 0.05) is 10.5 Å². The predicted molar refractivity (Wildman–Crippen MR) is 80.5 cm³/mol. The third-order valence-electron chi connectivity index (χ3n) is 3.00. The molecule has 0 aliphatic heterocycles. The van der Waals surface area contributed by atoms with Gasteiger partial charge in [0.25, 0.3) is 5.91 Å². The Hall–Kier alpha value is -1.74. The van der Waals surface area contributed by atoms with Gasteiger partial charge < -0.3 is 5.32 Å². The molecule has 1 N–H and O–H groups in total. The molecule has 0 aromatic heterocycles. The molecule has 1 atom stereocenters. The molecule has 0 heterocycles. The molecule has 0 radical (unpaired) electrons. The Morgan fingerprint density at radius 1 is 1.05 bits per heavy atom. The van der Waals surface area contributed by atoms with E-state index in [1.807, 2.05) is 37.3 Å². The van der Waals surface area contributed by atoms with Crippen molar-refractivity contribution in [2.45, 2.75) is 17.9 Å². The average molecular weight is 271 g/mol. The normalized spacial score (nSPS) is 11.9. The van der Waals surface area contributed by atoms with Gasteiger partial charge in [0.2, 0.25) is 0 Å². The first-order valence-electron chi connectivity index (χ1n) is 6.20. The molecule has 0 bridgehead atoms. The maximum Gasteiger partial charge on any atom is 0.251 e. The van der Waals surface area contributed by atoms with Gasteiger partial charge in [-0.2, -0.15) is 0 Å². The molecule has 0 unspecified atom stereocenters. The summed E-state index contributed by atoms with van der Waals surface area (Å²) < 4.78 is 0. The highest BCUT2D eigenvalue weighted by Gasteiger charge is 2.10. The molecule has 2 nitrogen and oxygen atoms in total. The summed E-state index contributed by atoms with van der Waals surface area (Å²) in [7, 11) is 0. The molecule has 0 saturated carbocycles. The first-order chi connectivity index (χ1) is 9.20. The molecule has 0 saturated heterocycles. The highest BCUT2D eigenvalue weighted by Crippen LogP contribution is 2.19. The van der Waals surface area contributed by atoms with Crippen LogP contribution in [-0.2, 0) is 0 Å². The highest BCUT2D eigenvalue weighted by molar-refractivity contribution is 7.98. The third kappa shape index (κ3) is 3.61. The van der Waals surface area contributed by atoms with E-state index in [0.717, 1.165) is 5.56 Å². The Morgan fingerprint density at radius 2 is 1.68 bits per heavy atom. The zero-order valence-electron chi connectivity index (χ0n) is 11.1. The zero-order chi connectivity index (χ0) is 13.7. The number of benzene rings is 2. The van der Waals surface area contributed by atoms with Crippen molar-refractivity contribution in [1.82, 2.24) is 5.32 Å². The fourth-order valence-corrected chi connectivity index (χ4v) is 2.25. The van der Waals surface area contributed by atoms with E-state index in [9.17, 15) is 4.79 Å². The van der Waals surface area contributed by atoms with E-state index in [1.165, 1.54) is 4.90 Å². The minimum Gasteiger partial charge on any atom is -0.346 e. The highest BCUT2D eigenvalue weighted by atomic mass is 32.2. The van der Waals surface area contributed by atoms with Gasteiger partial charge >= 0.3 is 0 Å². The van der Waals surface area contributed by atoms with Crippen LogP contribution in [0.4, 0.5) is 0 Å². The van der Waals surface area contributed by atoms with Crippen LogP contribution in [-0.4, -0.2) is 12.2 Å². The molecule has 98 valence electrons. The van der Waals surface area contributed by atoms with Crippen molar-refractivity contribution in [2.75, 3.05) is 6.26 Å². The number of amides is 1. The van der Waals surface area contributed by atoms with Crippen LogP contribution in [0.2, 0.25) is 0 Å². The summed E-state index contributed by atoms with van der Waals surface area (Å²) in [5, 5.41) is 3.00. The summed E-state index contributed by atoms with van der Waals surface area (Å²) >= 11 is 1.71. The standard InChI is InChI=1S/C16H17NOS/c1-12(13-8-10-15(19-2)11-9-13)17-16(18)14-6-4-3-5-7-14/h3-12H,1-2H3,(H,17,18)/t12-/m1/s1. The molecule has 0 spiro atoms. The van der Waals surface area contributed by atoms with Gasteiger partial charge in [-0.15, -0.1) is 11.8 Å². The Bertz CT molecular complexity index is 536. The van der Waals surface area contributed by atoms with Crippen LogP contribution in [0.1, 0.15) is 28.9 Å². The maximum atomic E-state index is 12.0. The number of nitrogens with one attached hydrogen (secondary N) is 1. The van der Waals surface area contributed by atoms with E-state index in [4.69, 9.17) is 0 Å². The van der Waals surface area contributed by atoms with Gasteiger partial charge in [-0.25, -0.2) is 0 Å². The van der Waals surface area contributed by atoms with E-state index in [1.54, 1.807) is 11.8 Å². The largest absolute Gasteiger partial charge is 0.346 e. The lowest BCUT2D eigenvalue weighted by atomic mass is 10.1. The first kappa shape index (κ1) is 13.7. The van der Waals surface area contributed by atoms with Crippen molar-refractivity contribution in [3.8, 4) is 0 Å². The number of hydrogen-bond donors (Lipinski definition) is 1. The minimum atomic E-state index is -0.0398. The summed E-state index contributed by atoms with van der Waals surface area (Å²) in [6.07, 6.45) is 2.05. The maximum absolute atomic E-state index is 12.0. The van der Waals surface area contributed by atoms with Crippen LogP contribution in [0.15, 0.2) is 59.5 Å². The molecular formula is C16H17NOS. The lowest BCUT2D eigenvalue weighted by molar-refractivity contribution is 0.0940. The minimum absolute atomic E-state index is 0.00334. The Labute approximate surface area is 118 Å². The Kier molecular flexibility index (Phi) is 4.63. The summed E-state index contributed by atoms with van der Waals surface area (Å²) in [6.45, 7) is 1.99. The number of carbonyl (C=O) groups is 1. The molecule has 3 heteroatoms. The number of thioether (sulfide) groups is 1. The van der Waals surface area contributed by atoms with Crippen LogP contribution in [0, 0.1) is 0 Å². The molecular weight excluding hydrogens is 254 g/mol. The van der Waals surface area contributed by atoms with Crippen LogP contribution >= 0.6 is 11.8 Å². The van der Waals surface area contributed by atoms with E-state index in [0.29, 0.717) is 5.56 Å². The van der Waals surface area contributed by atoms with Crippen molar-refractivity contribution in [3.05, 3.63) is 65.7 Å². The average Bonchev–Trinajstić information content (AvgIpc) is 2.48. The van der Waals surface area contributed by atoms with Crippen molar-refractivity contribution >= 4 is 17.7 Å². The lowest BCUT2D eigenvalue weighted by Crippen LogP contribution is -2.26. The number of rotatable bonds is 4. The van der Waals surface area contributed by atoms with E-state index >= 15 is 0 Å². The second kappa shape index (κ2) is 6.43. The fourth-order valence-electron chi connectivity index (χ4n) is 1.85. The monoisotopic (exact) mass is 271 g/mol. The van der Waals surface area contributed by atoms with Crippen LogP contribution < -0.4 is 5.32 Å². The zero-order valence-corrected chi connectivity index (χ0v) is 11.9. The summed E-state index contributed by atoms with van der Waals surface area (Å²) in [6, 6.07) is 17.5. The molecule has 0 fully saturated rings. The Morgan fingerprint density at radius 3 is 2.26 bits per heavy atom. The van der Waals surface area contributed by atoms with Crippen molar-refractivity contribution in [1.29, 1.82) is 0 Å². The molecule has 0 aliphatic rings. The number of carbonyl (C=O) groups excluding carboxylic acids is 1. The van der Waals surface area contributed by atoms with Gasteiger partial charge in [0.15, 0.2) is 0 Å². The van der Waals surface area contributed by atoms with Gasteiger partial charge in [-0.1, -0.05) is 30.3 Å². The quantitative estimate of drug-likeness (QED) is 0.854. The second-order valence-electron chi connectivity index (χ2n) is 4.33. The molecule has 2 aromatic carbocycles. The number of hydrogen-bond acceptors (Lipinski definition) is 2. The summed E-state index contributed by atoms with van der Waals surface area (Å²) in [4.78, 5) is 13.3. The summed E-state index contributed by atoms with van der Waals surface area (Å²) in [5.74, 6) is -0.0398. The van der Waals surface area contributed by atoms with Gasteiger partial charge in [-0.05, 0) is 43.0 Å². The Balaban J connectivity index is 2.04. The van der Waals surface area contributed by atoms with Gasteiger partial charge in [0.1, 0.15) is 0 Å². The van der Waals surface area contributed by atoms with Crippen molar-refractivity contribution < 1.29 is 4.79 Å². The SMILES string of the molecule is CSc1ccc([C@@H](C)NC(=O)c2ccccc2)cc1. The molecule has 19 heavy (non-hydrogen) atoms. The molecule has 0 aliphatic carbocycles. The summed E-state index contributed by atoms with van der Waals surface area (Å²) in [5.41, 5.74) is 1.80. The van der Waals surface area contributed by atoms with Crippen molar-refractivity contribution in [2.24, 2.45) is 0 Å². The topological polar surface area (TPSA) is 29.1 Å². The molecule has 1 amide bonds. The first-order valence-corrected chi connectivity index (χ1v) is 7.43.